The lowest BCUT2D eigenvalue weighted by atomic mass is 10.2. The highest BCUT2D eigenvalue weighted by atomic mass is 35.5. The zero-order valence-corrected chi connectivity index (χ0v) is 18.8. The van der Waals surface area contributed by atoms with Gasteiger partial charge in [-0.05, 0) is 48.4 Å². The Balaban J connectivity index is 1.44. The van der Waals surface area contributed by atoms with Crippen LogP contribution in [0.3, 0.4) is 0 Å². The highest BCUT2D eigenvalue weighted by Gasteiger charge is 2.31. The average molecular weight is 473 g/mol. The molecule has 32 heavy (non-hydrogen) atoms. The van der Waals surface area contributed by atoms with E-state index in [4.69, 9.17) is 21.1 Å². The molecule has 0 spiro atoms. The van der Waals surface area contributed by atoms with Gasteiger partial charge < -0.3 is 14.8 Å². The van der Waals surface area contributed by atoms with Crippen LogP contribution in [0.4, 0.5) is 11.4 Å². The van der Waals surface area contributed by atoms with E-state index in [0.29, 0.717) is 30.1 Å². The second-order valence-corrected chi connectivity index (χ2v) is 9.39. The summed E-state index contributed by atoms with van der Waals surface area (Å²) in [6, 6.07) is 18.6. The third kappa shape index (κ3) is 4.51. The number of nitrogens with one attached hydrogen (secondary N) is 1. The lowest BCUT2D eigenvalue weighted by Gasteiger charge is -2.20. The molecule has 1 aliphatic rings. The highest BCUT2D eigenvalue weighted by Crippen LogP contribution is 2.35. The number of fused-ring (bicyclic) bond motifs is 1. The molecule has 1 heterocycles. The van der Waals surface area contributed by atoms with E-state index in [9.17, 15) is 13.2 Å². The third-order valence-corrected chi connectivity index (χ3v) is 7.15. The van der Waals surface area contributed by atoms with Crippen LogP contribution in [0.25, 0.3) is 0 Å². The predicted octanol–water partition coefficient (Wildman–Crippen LogP) is 4.12. The minimum atomic E-state index is -3.77. The Kier molecular flexibility index (Phi) is 6.25. The number of amides is 1. The number of nitrogens with zero attached hydrogens (tertiary/aromatic N) is 1. The van der Waals surface area contributed by atoms with Crippen LogP contribution < -0.4 is 19.1 Å². The molecule has 0 aliphatic carbocycles. The Morgan fingerprint density at radius 2 is 1.91 bits per heavy atom. The smallest absolute Gasteiger partial charge is 0.264 e. The zero-order chi connectivity index (χ0) is 22.7. The van der Waals surface area contributed by atoms with Crippen LogP contribution in [-0.2, 0) is 21.2 Å². The van der Waals surface area contributed by atoms with Crippen LogP contribution >= 0.6 is 11.6 Å². The molecule has 1 aliphatic heterocycles. The topological polar surface area (TPSA) is 84.9 Å². The fourth-order valence-corrected chi connectivity index (χ4v) is 5.31. The van der Waals surface area contributed by atoms with Crippen molar-refractivity contribution in [2.24, 2.45) is 0 Å². The Hall–Kier alpha value is -3.23. The first-order valence-electron chi connectivity index (χ1n) is 9.85. The molecule has 1 amide bonds. The maximum Gasteiger partial charge on any atom is 0.264 e. The molecule has 0 atom stereocenters. The van der Waals surface area contributed by atoms with Crippen LogP contribution in [0.15, 0.2) is 71.6 Å². The lowest BCUT2D eigenvalue weighted by molar-refractivity contribution is -0.118. The SMILES string of the molecule is COc1cccc(NC(=O)COc2ccc(S(=O)(=O)N3CCc4ccccc43)cc2Cl)c1. The molecular formula is C23H21ClN2O5S. The third-order valence-electron chi connectivity index (χ3n) is 5.05. The normalized spacial score (nSPS) is 12.9. The van der Waals surface area contributed by atoms with Crippen molar-refractivity contribution in [2.75, 3.05) is 29.9 Å². The van der Waals surface area contributed by atoms with E-state index in [0.717, 1.165) is 5.56 Å². The highest BCUT2D eigenvalue weighted by molar-refractivity contribution is 7.92. The largest absolute Gasteiger partial charge is 0.497 e. The summed E-state index contributed by atoms with van der Waals surface area (Å²) in [4.78, 5) is 12.3. The van der Waals surface area contributed by atoms with Crippen molar-refractivity contribution in [1.82, 2.24) is 0 Å². The van der Waals surface area contributed by atoms with E-state index in [-0.39, 0.29) is 28.2 Å². The van der Waals surface area contributed by atoms with Crippen LogP contribution in [0.1, 0.15) is 5.56 Å². The Labute approximate surface area is 191 Å². The number of para-hydroxylation sites is 1. The van der Waals surface area contributed by atoms with Crippen molar-refractivity contribution in [2.45, 2.75) is 11.3 Å². The van der Waals surface area contributed by atoms with Gasteiger partial charge in [0.05, 0.1) is 22.7 Å². The quantitative estimate of drug-likeness (QED) is 0.559. The van der Waals surface area contributed by atoms with Gasteiger partial charge in [0.25, 0.3) is 15.9 Å². The van der Waals surface area contributed by atoms with Crippen molar-refractivity contribution < 1.29 is 22.7 Å². The van der Waals surface area contributed by atoms with Crippen molar-refractivity contribution in [3.8, 4) is 11.5 Å². The number of carbonyl (C=O) groups excluding carboxylic acids is 1. The number of halogens is 1. The van der Waals surface area contributed by atoms with Gasteiger partial charge in [-0.15, -0.1) is 0 Å². The molecule has 4 rings (SSSR count). The molecular weight excluding hydrogens is 452 g/mol. The number of carbonyl (C=O) groups is 1. The van der Waals surface area contributed by atoms with Crippen molar-refractivity contribution in [3.05, 3.63) is 77.3 Å². The molecule has 0 unspecified atom stereocenters. The molecule has 7 nitrogen and oxygen atoms in total. The Morgan fingerprint density at radius 3 is 2.69 bits per heavy atom. The van der Waals surface area contributed by atoms with E-state index in [1.807, 2.05) is 18.2 Å². The van der Waals surface area contributed by atoms with Gasteiger partial charge in [0.2, 0.25) is 0 Å². The summed E-state index contributed by atoms with van der Waals surface area (Å²) in [5.74, 6) is 0.442. The molecule has 0 saturated carbocycles. The minimum absolute atomic E-state index is 0.0624. The molecule has 3 aromatic rings. The molecule has 1 N–H and O–H groups in total. The van der Waals surface area contributed by atoms with E-state index < -0.39 is 10.0 Å². The number of ether oxygens (including phenoxy) is 2. The van der Waals surface area contributed by atoms with Crippen LogP contribution in [0.5, 0.6) is 11.5 Å². The number of anilines is 2. The summed E-state index contributed by atoms with van der Waals surface area (Å²) in [5, 5.41) is 2.80. The van der Waals surface area contributed by atoms with Gasteiger partial charge in [-0.2, -0.15) is 0 Å². The number of hydrogen-bond donors (Lipinski definition) is 1. The van der Waals surface area contributed by atoms with Gasteiger partial charge in [0, 0.05) is 18.3 Å². The summed E-state index contributed by atoms with van der Waals surface area (Å²) in [5.41, 5.74) is 2.23. The lowest BCUT2D eigenvalue weighted by Crippen LogP contribution is -2.29. The fourth-order valence-electron chi connectivity index (χ4n) is 3.49. The Bertz CT molecular complexity index is 1260. The maximum absolute atomic E-state index is 13.1. The van der Waals surface area contributed by atoms with Gasteiger partial charge in [-0.25, -0.2) is 8.42 Å². The van der Waals surface area contributed by atoms with Crippen LogP contribution in [-0.4, -0.2) is 34.6 Å². The molecule has 3 aromatic carbocycles. The Morgan fingerprint density at radius 1 is 1.09 bits per heavy atom. The van der Waals surface area contributed by atoms with E-state index in [1.165, 1.54) is 22.5 Å². The molecule has 0 fully saturated rings. The van der Waals surface area contributed by atoms with Crippen molar-refractivity contribution in [3.63, 3.8) is 0 Å². The number of rotatable bonds is 7. The second kappa shape index (κ2) is 9.10. The minimum Gasteiger partial charge on any atom is -0.497 e. The zero-order valence-electron chi connectivity index (χ0n) is 17.2. The van der Waals surface area contributed by atoms with Gasteiger partial charge in [0.15, 0.2) is 6.61 Å². The summed E-state index contributed by atoms with van der Waals surface area (Å²) in [7, 11) is -2.23. The fraction of sp³-hybridized carbons (Fsp3) is 0.174. The van der Waals surface area contributed by atoms with Gasteiger partial charge in [-0.1, -0.05) is 35.9 Å². The van der Waals surface area contributed by atoms with E-state index >= 15 is 0 Å². The summed E-state index contributed by atoms with van der Waals surface area (Å²) < 4.78 is 38.3. The molecule has 0 bridgehead atoms. The van der Waals surface area contributed by atoms with Crippen LogP contribution in [0.2, 0.25) is 5.02 Å². The van der Waals surface area contributed by atoms with Gasteiger partial charge in [0.1, 0.15) is 11.5 Å². The first kappa shape index (κ1) is 22.0. The van der Waals surface area contributed by atoms with Crippen molar-refractivity contribution in [1.29, 1.82) is 0 Å². The molecule has 0 radical (unpaired) electrons. The maximum atomic E-state index is 13.1. The molecule has 0 saturated heterocycles. The summed E-state index contributed by atoms with van der Waals surface area (Å²) in [6.45, 7) is 0.0878. The number of methoxy groups -OCH3 is 1. The summed E-state index contributed by atoms with van der Waals surface area (Å²) >= 11 is 6.27. The van der Waals surface area contributed by atoms with Crippen molar-refractivity contribution >= 4 is 38.9 Å². The number of sulfonamides is 1. The monoisotopic (exact) mass is 472 g/mol. The molecule has 0 aromatic heterocycles. The summed E-state index contributed by atoms with van der Waals surface area (Å²) in [6.07, 6.45) is 0.659. The average Bonchev–Trinajstić information content (AvgIpc) is 3.23. The van der Waals surface area contributed by atoms with Gasteiger partial charge >= 0.3 is 0 Å². The number of hydrogen-bond acceptors (Lipinski definition) is 5. The van der Waals surface area contributed by atoms with E-state index in [2.05, 4.69) is 5.32 Å². The molecule has 9 heteroatoms. The number of benzene rings is 3. The first-order chi connectivity index (χ1) is 15.4. The second-order valence-electron chi connectivity index (χ2n) is 7.12. The molecule has 166 valence electrons. The predicted molar refractivity (Wildman–Crippen MR) is 123 cm³/mol. The first-order valence-corrected chi connectivity index (χ1v) is 11.7. The van der Waals surface area contributed by atoms with Gasteiger partial charge in [-0.3, -0.25) is 9.10 Å². The van der Waals surface area contributed by atoms with Crippen LogP contribution in [0, 0.1) is 0 Å². The standard InChI is InChI=1S/C23H21ClN2O5S/c1-30-18-7-4-6-17(13-18)25-23(27)15-31-22-10-9-19(14-20(22)24)32(28,29)26-12-11-16-5-2-3-8-21(16)26/h2-10,13-14H,11-12,15H2,1H3,(H,25,27). The van der Waals surface area contributed by atoms with E-state index in [1.54, 1.807) is 37.4 Å².